The SMILES string of the molecule is O=c1cccc(-c2nc(Nc3ccnc(C(F)(F)F)c3)nc(-c3cccc(C(F)(F)F)n3)n2)[nH]1. The quantitative estimate of drug-likeness (QED) is 0.416. The minimum absolute atomic E-state index is 0.0935. The van der Waals surface area contributed by atoms with Crippen molar-refractivity contribution in [3.05, 3.63) is 76.5 Å². The van der Waals surface area contributed by atoms with Gasteiger partial charge in [-0.15, -0.1) is 0 Å². The normalized spacial score (nSPS) is 11.9. The fourth-order valence-corrected chi connectivity index (χ4v) is 2.75. The molecule has 2 N–H and O–H groups in total. The summed E-state index contributed by atoms with van der Waals surface area (Å²) in [6.07, 6.45) is -8.53. The number of pyridine rings is 3. The second-order valence-electron chi connectivity index (χ2n) is 6.69. The number of aromatic amines is 1. The molecule has 0 fully saturated rings. The van der Waals surface area contributed by atoms with Crippen LogP contribution in [0.3, 0.4) is 0 Å². The van der Waals surface area contributed by atoms with E-state index in [1.807, 2.05) is 0 Å². The van der Waals surface area contributed by atoms with Crippen LogP contribution in [0.2, 0.25) is 0 Å². The Morgan fingerprint density at radius 1 is 0.765 bits per heavy atom. The second-order valence-corrected chi connectivity index (χ2v) is 6.69. The van der Waals surface area contributed by atoms with Crippen LogP contribution >= 0.6 is 0 Å². The fourth-order valence-electron chi connectivity index (χ4n) is 2.75. The van der Waals surface area contributed by atoms with Crippen LogP contribution in [0.5, 0.6) is 0 Å². The zero-order valence-electron chi connectivity index (χ0n) is 16.6. The largest absolute Gasteiger partial charge is 0.433 e. The third kappa shape index (κ3) is 5.16. The number of H-pyrrole nitrogens is 1. The molecule has 0 aliphatic carbocycles. The van der Waals surface area contributed by atoms with E-state index >= 15 is 0 Å². The van der Waals surface area contributed by atoms with Crippen LogP contribution in [0.4, 0.5) is 38.0 Å². The maximum Gasteiger partial charge on any atom is 0.433 e. The lowest BCUT2D eigenvalue weighted by molar-refractivity contribution is -0.141. The van der Waals surface area contributed by atoms with Gasteiger partial charge in [0.1, 0.15) is 17.1 Å². The molecule has 4 rings (SSSR count). The molecule has 0 radical (unpaired) electrons. The van der Waals surface area contributed by atoms with Crippen LogP contribution in [0.15, 0.2) is 59.5 Å². The van der Waals surface area contributed by atoms with Crippen molar-refractivity contribution in [2.45, 2.75) is 12.4 Å². The number of aromatic nitrogens is 6. The Morgan fingerprint density at radius 3 is 2.18 bits per heavy atom. The minimum atomic E-state index is -4.73. The Morgan fingerprint density at radius 2 is 1.47 bits per heavy atom. The first-order chi connectivity index (χ1) is 16.0. The van der Waals surface area contributed by atoms with Crippen LogP contribution in [-0.2, 0) is 12.4 Å². The Kier molecular flexibility index (Phi) is 5.73. The average Bonchev–Trinajstić information content (AvgIpc) is 2.78. The zero-order valence-corrected chi connectivity index (χ0v) is 16.6. The first-order valence-corrected chi connectivity index (χ1v) is 9.30. The molecular weight excluding hydrogens is 468 g/mol. The van der Waals surface area contributed by atoms with Crippen molar-refractivity contribution in [1.29, 1.82) is 0 Å². The van der Waals surface area contributed by atoms with Crippen molar-refractivity contribution in [3.63, 3.8) is 0 Å². The smallest absolute Gasteiger partial charge is 0.324 e. The van der Waals surface area contributed by atoms with E-state index in [-0.39, 0.29) is 34.7 Å². The van der Waals surface area contributed by atoms with Gasteiger partial charge in [-0.25, -0.2) is 9.97 Å². The number of rotatable bonds is 4. The summed E-state index contributed by atoms with van der Waals surface area (Å²) < 4.78 is 78.3. The number of nitrogens with one attached hydrogen (secondary N) is 2. The molecule has 0 atom stereocenters. The fraction of sp³-hybridized carbons (Fsp3) is 0.100. The lowest BCUT2D eigenvalue weighted by Crippen LogP contribution is -2.11. The molecule has 8 nitrogen and oxygen atoms in total. The summed E-state index contributed by atoms with van der Waals surface area (Å²) in [4.78, 5) is 33.1. The topological polar surface area (TPSA) is 109 Å². The summed E-state index contributed by atoms with van der Waals surface area (Å²) in [5.41, 5.74) is -3.15. The number of alkyl halides is 6. The standard InChI is InChI=1S/C20H11F6N7O/c21-19(22,23)13-5-1-3-11(29-13)16-31-17(12-4-2-6-15(34)30-12)33-18(32-16)28-10-7-8-27-14(9-10)20(24,25)26/h1-9H,(H,30,34)(H,27,28,31,32,33). The number of halogens is 6. The number of anilines is 2. The van der Waals surface area contributed by atoms with E-state index in [9.17, 15) is 31.1 Å². The summed E-state index contributed by atoms with van der Waals surface area (Å²) in [5.74, 6) is -0.772. The summed E-state index contributed by atoms with van der Waals surface area (Å²) >= 11 is 0. The lowest BCUT2D eigenvalue weighted by atomic mass is 10.2. The average molecular weight is 479 g/mol. The van der Waals surface area contributed by atoms with Crippen molar-refractivity contribution in [2.75, 3.05) is 5.32 Å². The molecule has 0 unspecified atom stereocenters. The van der Waals surface area contributed by atoms with E-state index in [1.165, 1.54) is 30.3 Å². The number of hydrogen-bond donors (Lipinski definition) is 2. The van der Waals surface area contributed by atoms with Crippen LogP contribution in [0.1, 0.15) is 11.4 Å². The Labute approximate surface area is 185 Å². The first kappa shape index (κ1) is 22.8. The van der Waals surface area contributed by atoms with E-state index in [0.717, 1.165) is 18.3 Å². The minimum Gasteiger partial charge on any atom is -0.324 e. The lowest BCUT2D eigenvalue weighted by Gasteiger charge is -2.11. The molecule has 0 bridgehead atoms. The van der Waals surface area contributed by atoms with Gasteiger partial charge in [-0.1, -0.05) is 12.1 Å². The third-order valence-electron chi connectivity index (χ3n) is 4.22. The van der Waals surface area contributed by atoms with Crippen molar-refractivity contribution in [1.82, 2.24) is 29.9 Å². The summed E-state index contributed by atoms with van der Waals surface area (Å²) in [5, 5.41) is 2.55. The molecule has 0 saturated heterocycles. The molecule has 174 valence electrons. The number of hydrogen-bond acceptors (Lipinski definition) is 7. The predicted molar refractivity (Wildman–Crippen MR) is 107 cm³/mol. The molecule has 0 spiro atoms. The van der Waals surface area contributed by atoms with Gasteiger partial charge >= 0.3 is 12.4 Å². The maximum atomic E-state index is 13.1. The van der Waals surface area contributed by atoms with Gasteiger partial charge < -0.3 is 10.3 Å². The van der Waals surface area contributed by atoms with E-state index in [1.54, 1.807) is 0 Å². The van der Waals surface area contributed by atoms with Gasteiger partial charge in [-0.2, -0.15) is 36.3 Å². The Bertz CT molecular complexity index is 1400. The van der Waals surface area contributed by atoms with Gasteiger partial charge in [0.15, 0.2) is 11.6 Å². The molecule has 0 aromatic carbocycles. The summed E-state index contributed by atoms with van der Waals surface area (Å²) in [6, 6.07) is 9.04. The Hall–Kier alpha value is -4.36. The van der Waals surface area contributed by atoms with E-state index < -0.39 is 29.3 Å². The predicted octanol–water partition coefficient (Wildman–Crippen LogP) is 4.47. The monoisotopic (exact) mass is 479 g/mol. The third-order valence-corrected chi connectivity index (χ3v) is 4.22. The zero-order chi connectivity index (χ0) is 24.5. The highest BCUT2D eigenvalue weighted by atomic mass is 19.4. The van der Waals surface area contributed by atoms with Crippen molar-refractivity contribution < 1.29 is 26.3 Å². The van der Waals surface area contributed by atoms with Gasteiger partial charge in [-0.3, -0.25) is 9.78 Å². The molecule has 0 amide bonds. The number of nitrogens with zero attached hydrogens (tertiary/aromatic N) is 5. The van der Waals surface area contributed by atoms with Crippen LogP contribution in [0.25, 0.3) is 23.0 Å². The molecular formula is C20H11F6N7O. The van der Waals surface area contributed by atoms with Crippen molar-refractivity contribution in [2.24, 2.45) is 0 Å². The van der Waals surface area contributed by atoms with Crippen molar-refractivity contribution in [3.8, 4) is 23.0 Å². The summed E-state index contributed by atoms with van der Waals surface area (Å²) in [6.45, 7) is 0. The highest BCUT2D eigenvalue weighted by Gasteiger charge is 2.33. The molecule has 0 saturated carbocycles. The van der Waals surface area contributed by atoms with Gasteiger partial charge in [0.2, 0.25) is 11.5 Å². The highest BCUT2D eigenvalue weighted by molar-refractivity contribution is 5.61. The Balaban J connectivity index is 1.83. The van der Waals surface area contributed by atoms with Crippen LogP contribution in [0, 0.1) is 0 Å². The van der Waals surface area contributed by atoms with E-state index in [4.69, 9.17) is 0 Å². The molecule has 0 aliphatic heterocycles. The van der Waals surface area contributed by atoms with Gasteiger partial charge in [-0.05, 0) is 30.3 Å². The maximum absolute atomic E-state index is 13.1. The van der Waals surface area contributed by atoms with Gasteiger partial charge in [0.05, 0.1) is 5.69 Å². The van der Waals surface area contributed by atoms with E-state index in [0.29, 0.717) is 6.07 Å². The van der Waals surface area contributed by atoms with E-state index in [2.05, 4.69) is 35.2 Å². The highest BCUT2D eigenvalue weighted by Crippen LogP contribution is 2.31. The first-order valence-electron chi connectivity index (χ1n) is 9.30. The van der Waals surface area contributed by atoms with Gasteiger partial charge in [0.25, 0.3) is 0 Å². The molecule has 4 aromatic rings. The second kappa shape index (κ2) is 8.53. The van der Waals surface area contributed by atoms with Gasteiger partial charge in [0, 0.05) is 18.0 Å². The van der Waals surface area contributed by atoms with Crippen molar-refractivity contribution >= 4 is 11.6 Å². The molecule has 14 heteroatoms. The molecule has 34 heavy (non-hydrogen) atoms. The molecule has 4 heterocycles. The van der Waals surface area contributed by atoms with Crippen LogP contribution < -0.4 is 10.9 Å². The summed E-state index contributed by atoms with van der Waals surface area (Å²) in [7, 11) is 0. The molecule has 4 aromatic heterocycles. The molecule has 0 aliphatic rings. The van der Waals surface area contributed by atoms with Crippen LogP contribution in [-0.4, -0.2) is 29.9 Å².